The molecule has 0 saturated carbocycles. The summed E-state index contributed by atoms with van der Waals surface area (Å²) in [5.74, 6) is 0.373. The maximum absolute atomic E-state index is 11.6. The molecule has 0 aromatic carbocycles. The average molecular weight is 185 g/mol. The molecule has 2 nitrogen and oxygen atoms in total. The molecular formula is C9H15NOS. The number of hydrogen-bond acceptors (Lipinski definition) is 2. The topological polar surface area (TPSA) is 20.3 Å². The predicted molar refractivity (Wildman–Crippen MR) is 53.0 cm³/mol. The van der Waals surface area contributed by atoms with Crippen LogP contribution < -0.4 is 0 Å². The number of hydrogen-bond donors (Lipinski definition) is 0. The number of carbonyl (C=O) groups is 1. The van der Waals surface area contributed by atoms with Crippen LogP contribution in [-0.4, -0.2) is 21.8 Å². The van der Waals surface area contributed by atoms with Crippen molar-refractivity contribution in [1.82, 2.24) is 4.90 Å². The van der Waals surface area contributed by atoms with Gasteiger partial charge in [-0.15, -0.1) is 0 Å². The van der Waals surface area contributed by atoms with E-state index in [1.165, 1.54) is 0 Å². The van der Waals surface area contributed by atoms with Crippen LogP contribution in [-0.2, 0) is 4.79 Å². The van der Waals surface area contributed by atoms with Crippen LogP contribution in [0.3, 0.4) is 0 Å². The summed E-state index contributed by atoms with van der Waals surface area (Å²) in [6.45, 7) is 6.04. The molecule has 1 saturated heterocycles. The van der Waals surface area contributed by atoms with Crippen LogP contribution in [0.2, 0.25) is 0 Å². The molecule has 0 aromatic heterocycles. The summed E-state index contributed by atoms with van der Waals surface area (Å²) < 4.78 is 0. The highest BCUT2D eigenvalue weighted by molar-refractivity contribution is 7.80. The summed E-state index contributed by atoms with van der Waals surface area (Å²) in [4.78, 5) is 14.2. The molecule has 0 bridgehead atoms. The van der Waals surface area contributed by atoms with Gasteiger partial charge in [0.25, 0.3) is 0 Å². The number of thiocarbonyl (C=S) groups is 1. The van der Waals surface area contributed by atoms with Gasteiger partial charge in [-0.05, 0) is 20.3 Å². The maximum Gasteiger partial charge on any atom is 0.231 e. The third-order valence-electron chi connectivity index (χ3n) is 2.29. The Morgan fingerprint density at radius 2 is 2.25 bits per heavy atom. The van der Waals surface area contributed by atoms with Crippen LogP contribution in [0.15, 0.2) is 0 Å². The molecule has 1 unspecified atom stereocenters. The molecule has 1 fully saturated rings. The quantitative estimate of drug-likeness (QED) is 0.613. The first-order valence-corrected chi connectivity index (χ1v) is 4.84. The molecule has 12 heavy (non-hydrogen) atoms. The van der Waals surface area contributed by atoms with Crippen LogP contribution in [0.4, 0.5) is 0 Å². The lowest BCUT2D eigenvalue weighted by Crippen LogP contribution is -2.35. The Hall–Kier alpha value is -0.440. The van der Waals surface area contributed by atoms with E-state index in [2.05, 4.69) is 0 Å². The van der Waals surface area contributed by atoms with Gasteiger partial charge in [0, 0.05) is 18.4 Å². The van der Waals surface area contributed by atoms with Crippen molar-refractivity contribution in [2.75, 3.05) is 0 Å². The van der Waals surface area contributed by atoms with E-state index in [0.29, 0.717) is 0 Å². The Kier molecular flexibility index (Phi) is 2.83. The molecule has 1 rings (SSSR count). The third-order valence-corrected chi connectivity index (χ3v) is 2.65. The second-order valence-electron chi connectivity index (χ2n) is 3.51. The zero-order chi connectivity index (χ0) is 9.30. The Bertz CT molecular complexity index is 213. The van der Waals surface area contributed by atoms with Gasteiger partial charge < -0.3 is 4.90 Å². The molecule has 0 aromatic rings. The van der Waals surface area contributed by atoms with Crippen LogP contribution in [0.5, 0.6) is 0 Å². The Morgan fingerprint density at radius 1 is 1.67 bits per heavy atom. The number of rotatable bonds is 2. The lowest BCUT2D eigenvalue weighted by molar-refractivity contribution is -0.130. The highest BCUT2D eigenvalue weighted by Gasteiger charge is 2.35. The summed E-state index contributed by atoms with van der Waals surface area (Å²) in [6, 6.07) is 0.224. The normalized spacial score (nSPS) is 24.3. The molecule has 1 amide bonds. The average Bonchev–Trinajstić information content (AvgIpc) is 2.25. The van der Waals surface area contributed by atoms with Crippen molar-refractivity contribution in [3.05, 3.63) is 0 Å². The van der Waals surface area contributed by atoms with E-state index in [1.54, 1.807) is 4.90 Å². The summed E-state index contributed by atoms with van der Waals surface area (Å²) in [5.41, 5.74) is 0. The SMILES string of the molecule is CCC1CC(=S)N(C(C)C)C1=O. The molecular weight excluding hydrogens is 170 g/mol. The second-order valence-corrected chi connectivity index (χ2v) is 3.98. The van der Waals surface area contributed by atoms with E-state index in [0.717, 1.165) is 17.8 Å². The zero-order valence-electron chi connectivity index (χ0n) is 7.83. The third kappa shape index (κ3) is 1.51. The fourth-order valence-corrected chi connectivity index (χ4v) is 2.08. The first kappa shape index (κ1) is 9.65. The monoisotopic (exact) mass is 185 g/mol. The van der Waals surface area contributed by atoms with Gasteiger partial charge in [0.1, 0.15) is 0 Å². The van der Waals surface area contributed by atoms with Crippen molar-refractivity contribution in [2.24, 2.45) is 5.92 Å². The van der Waals surface area contributed by atoms with Crippen LogP contribution in [0.1, 0.15) is 33.6 Å². The van der Waals surface area contributed by atoms with Gasteiger partial charge in [0.2, 0.25) is 5.91 Å². The highest BCUT2D eigenvalue weighted by atomic mass is 32.1. The van der Waals surface area contributed by atoms with E-state index in [-0.39, 0.29) is 17.9 Å². The van der Waals surface area contributed by atoms with Crippen molar-refractivity contribution in [2.45, 2.75) is 39.7 Å². The van der Waals surface area contributed by atoms with Gasteiger partial charge in [-0.2, -0.15) is 0 Å². The van der Waals surface area contributed by atoms with Crippen molar-refractivity contribution >= 4 is 23.1 Å². The van der Waals surface area contributed by atoms with Gasteiger partial charge in [-0.3, -0.25) is 4.79 Å². The lowest BCUT2D eigenvalue weighted by atomic mass is 10.1. The zero-order valence-corrected chi connectivity index (χ0v) is 8.65. The molecule has 1 aliphatic rings. The highest BCUT2D eigenvalue weighted by Crippen LogP contribution is 2.25. The second kappa shape index (κ2) is 3.52. The van der Waals surface area contributed by atoms with Crippen molar-refractivity contribution in [3.8, 4) is 0 Å². The number of amides is 1. The molecule has 3 heteroatoms. The van der Waals surface area contributed by atoms with Crippen LogP contribution in [0.25, 0.3) is 0 Å². The van der Waals surface area contributed by atoms with Crippen LogP contribution in [0, 0.1) is 5.92 Å². The number of nitrogens with zero attached hydrogens (tertiary/aromatic N) is 1. The molecule has 0 radical (unpaired) electrons. The summed E-state index contributed by atoms with van der Waals surface area (Å²) in [5, 5.41) is 0. The standard InChI is InChI=1S/C9H15NOS/c1-4-7-5-8(12)10(6(2)3)9(7)11/h6-7H,4-5H2,1-3H3. The summed E-state index contributed by atoms with van der Waals surface area (Å²) in [7, 11) is 0. The van der Waals surface area contributed by atoms with E-state index < -0.39 is 0 Å². The smallest absolute Gasteiger partial charge is 0.231 e. The first-order chi connectivity index (χ1) is 5.57. The molecule has 1 atom stereocenters. The molecule has 0 aliphatic carbocycles. The Morgan fingerprint density at radius 3 is 2.50 bits per heavy atom. The van der Waals surface area contributed by atoms with E-state index >= 15 is 0 Å². The minimum absolute atomic E-state index is 0.153. The Balaban J connectivity index is 2.77. The first-order valence-electron chi connectivity index (χ1n) is 4.43. The van der Waals surface area contributed by atoms with Gasteiger partial charge in [-0.25, -0.2) is 0 Å². The predicted octanol–water partition coefficient (Wildman–Crippen LogP) is 1.98. The molecule has 0 spiro atoms. The fraction of sp³-hybridized carbons (Fsp3) is 0.778. The minimum Gasteiger partial charge on any atom is -0.304 e. The Labute approximate surface area is 78.9 Å². The largest absolute Gasteiger partial charge is 0.304 e. The van der Waals surface area contributed by atoms with E-state index in [4.69, 9.17) is 12.2 Å². The van der Waals surface area contributed by atoms with Crippen molar-refractivity contribution in [3.63, 3.8) is 0 Å². The van der Waals surface area contributed by atoms with Crippen molar-refractivity contribution < 1.29 is 4.79 Å². The molecule has 0 N–H and O–H groups in total. The summed E-state index contributed by atoms with van der Waals surface area (Å²) in [6.07, 6.45) is 1.69. The van der Waals surface area contributed by atoms with Crippen LogP contribution >= 0.6 is 12.2 Å². The molecule has 1 aliphatic heterocycles. The van der Waals surface area contributed by atoms with Gasteiger partial charge in [0.05, 0.1) is 4.99 Å². The van der Waals surface area contributed by atoms with Gasteiger partial charge in [0.15, 0.2) is 0 Å². The minimum atomic E-state index is 0.153. The lowest BCUT2D eigenvalue weighted by Gasteiger charge is -2.20. The molecule has 68 valence electrons. The van der Waals surface area contributed by atoms with Crippen molar-refractivity contribution in [1.29, 1.82) is 0 Å². The van der Waals surface area contributed by atoms with E-state index in [9.17, 15) is 4.79 Å². The number of likely N-dealkylation sites (tertiary alicyclic amines) is 1. The maximum atomic E-state index is 11.6. The summed E-state index contributed by atoms with van der Waals surface area (Å²) >= 11 is 5.14. The molecule has 1 heterocycles. The van der Waals surface area contributed by atoms with Gasteiger partial charge in [-0.1, -0.05) is 19.1 Å². The number of carbonyl (C=O) groups excluding carboxylic acids is 1. The van der Waals surface area contributed by atoms with Gasteiger partial charge >= 0.3 is 0 Å². The van der Waals surface area contributed by atoms with E-state index in [1.807, 2.05) is 20.8 Å². The fourth-order valence-electron chi connectivity index (χ4n) is 1.58.